The lowest BCUT2D eigenvalue weighted by molar-refractivity contribution is 0.574. The lowest BCUT2D eigenvalue weighted by atomic mass is 10.1. The second-order valence-electron chi connectivity index (χ2n) is 6.13. The van der Waals surface area contributed by atoms with Crippen molar-refractivity contribution in [1.82, 2.24) is 15.2 Å². The maximum absolute atomic E-state index is 13.6. The number of benzene rings is 1. The first-order valence-electron chi connectivity index (χ1n) is 8.96. The summed E-state index contributed by atoms with van der Waals surface area (Å²) in [6.07, 6.45) is 2.43. The zero-order valence-electron chi connectivity index (χ0n) is 15.5. The zero-order chi connectivity index (χ0) is 18.8. The minimum atomic E-state index is -0.177. The van der Waals surface area contributed by atoms with Crippen molar-refractivity contribution >= 4 is 5.96 Å². The lowest BCUT2D eigenvalue weighted by Gasteiger charge is -2.13. The smallest absolute Gasteiger partial charge is 0.250 e. The van der Waals surface area contributed by atoms with E-state index in [1.165, 1.54) is 6.07 Å². The molecule has 2 aromatic rings. The van der Waals surface area contributed by atoms with E-state index in [2.05, 4.69) is 15.6 Å². The van der Waals surface area contributed by atoms with E-state index in [9.17, 15) is 9.18 Å². The second kappa shape index (κ2) is 10.4. The first kappa shape index (κ1) is 19.7. The zero-order valence-corrected chi connectivity index (χ0v) is 15.5. The number of aliphatic imine (C=N–C) groups is 1. The highest BCUT2D eigenvalue weighted by atomic mass is 19.1. The van der Waals surface area contributed by atoms with E-state index in [4.69, 9.17) is 0 Å². The van der Waals surface area contributed by atoms with Crippen LogP contribution < -0.4 is 16.2 Å². The summed E-state index contributed by atoms with van der Waals surface area (Å²) in [6.45, 7) is 4.03. The van der Waals surface area contributed by atoms with Gasteiger partial charge in [-0.2, -0.15) is 0 Å². The van der Waals surface area contributed by atoms with Gasteiger partial charge in [0.05, 0.1) is 0 Å². The van der Waals surface area contributed by atoms with E-state index in [0.717, 1.165) is 25.1 Å². The molecule has 0 aliphatic carbocycles. The molecular weight excluding hydrogens is 331 g/mol. The van der Waals surface area contributed by atoms with Crippen molar-refractivity contribution in [3.63, 3.8) is 0 Å². The van der Waals surface area contributed by atoms with Crippen LogP contribution in [0.2, 0.25) is 0 Å². The number of hydrogen-bond donors (Lipinski definition) is 2. The van der Waals surface area contributed by atoms with Crippen LogP contribution in [-0.2, 0) is 13.0 Å². The molecule has 2 rings (SSSR count). The Labute approximate surface area is 154 Å². The van der Waals surface area contributed by atoms with Gasteiger partial charge in [-0.15, -0.1) is 0 Å². The molecule has 140 valence electrons. The van der Waals surface area contributed by atoms with E-state index < -0.39 is 0 Å². The van der Waals surface area contributed by atoms with Gasteiger partial charge in [-0.3, -0.25) is 9.79 Å². The maximum Gasteiger partial charge on any atom is 0.250 e. The highest BCUT2D eigenvalue weighted by Crippen LogP contribution is 2.06. The lowest BCUT2D eigenvalue weighted by Crippen LogP contribution is -2.38. The van der Waals surface area contributed by atoms with Gasteiger partial charge in [-0.1, -0.05) is 24.3 Å². The predicted octanol–water partition coefficient (Wildman–Crippen LogP) is 2.48. The van der Waals surface area contributed by atoms with Crippen molar-refractivity contribution < 1.29 is 4.39 Å². The molecule has 0 amide bonds. The topological polar surface area (TPSA) is 58.4 Å². The monoisotopic (exact) mass is 358 g/mol. The molecule has 0 saturated carbocycles. The van der Waals surface area contributed by atoms with Crippen LogP contribution in [0.5, 0.6) is 0 Å². The van der Waals surface area contributed by atoms with Crippen LogP contribution in [0, 0.1) is 12.7 Å². The van der Waals surface area contributed by atoms with Crippen LogP contribution in [0.1, 0.15) is 24.1 Å². The van der Waals surface area contributed by atoms with Crippen LogP contribution in [0.3, 0.4) is 0 Å². The average Bonchev–Trinajstić information content (AvgIpc) is 2.63. The SMILES string of the molecule is CN=C(NCCCCn1c(C)cccc1=O)NCCc1ccccc1F. The van der Waals surface area contributed by atoms with Gasteiger partial charge >= 0.3 is 0 Å². The molecule has 0 aliphatic heterocycles. The molecule has 0 bridgehead atoms. The highest BCUT2D eigenvalue weighted by molar-refractivity contribution is 5.79. The third-order valence-corrected chi connectivity index (χ3v) is 4.24. The molecule has 1 heterocycles. The van der Waals surface area contributed by atoms with E-state index in [0.29, 0.717) is 31.0 Å². The third-order valence-electron chi connectivity index (χ3n) is 4.24. The Hall–Kier alpha value is -2.63. The number of pyridine rings is 1. The van der Waals surface area contributed by atoms with Crippen molar-refractivity contribution in [2.45, 2.75) is 32.7 Å². The van der Waals surface area contributed by atoms with Crippen molar-refractivity contribution in [2.24, 2.45) is 4.99 Å². The summed E-state index contributed by atoms with van der Waals surface area (Å²) in [5.41, 5.74) is 1.72. The molecule has 0 spiro atoms. The first-order valence-corrected chi connectivity index (χ1v) is 8.96. The summed E-state index contributed by atoms with van der Waals surface area (Å²) >= 11 is 0. The molecule has 1 aromatic heterocycles. The average molecular weight is 358 g/mol. The van der Waals surface area contributed by atoms with Gasteiger partial charge in [0.2, 0.25) is 0 Å². The van der Waals surface area contributed by atoms with E-state index in [-0.39, 0.29) is 11.4 Å². The van der Waals surface area contributed by atoms with Crippen LogP contribution >= 0.6 is 0 Å². The fourth-order valence-electron chi connectivity index (χ4n) is 2.75. The normalized spacial score (nSPS) is 11.4. The molecular formula is C20H27FN4O. The highest BCUT2D eigenvalue weighted by Gasteiger charge is 2.02. The standard InChI is InChI=1S/C20H27FN4O/c1-16-8-7-11-19(26)25(16)15-6-5-13-23-20(22-2)24-14-12-17-9-3-4-10-18(17)21/h3-4,7-11H,5-6,12-15H2,1-2H3,(H2,22,23,24). The summed E-state index contributed by atoms with van der Waals surface area (Å²) < 4.78 is 15.4. The number of guanidine groups is 1. The number of aryl methyl sites for hydroxylation is 1. The Morgan fingerprint density at radius 3 is 2.58 bits per heavy atom. The molecule has 1 aromatic carbocycles. The number of hydrogen-bond acceptors (Lipinski definition) is 2. The number of nitrogens with one attached hydrogen (secondary N) is 2. The van der Waals surface area contributed by atoms with Crippen LogP contribution in [0.25, 0.3) is 0 Å². The summed E-state index contributed by atoms with van der Waals surface area (Å²) in [7, 11) is 1.71. The van der Waals surface area contributed by atoms with E-state index in [1.54, 1.807) is 35.9 Å². The quantitative estimate of drug-likeness (QED) is 0.433. The number of rotatable bonds is 8. The Morgan fingerprint density at radius 1 is 1.08 bits per heavy atom. The van der Waals surface area contributed by atoms with E-state index >= 15 is 0 Å². The Morgan fingerprint density at radius 2 is 1.85 bits per heavy atom. The fraction of sp³-hybridized carbons (Fsp3) is 0.400. The summed E-state index contributed by atoms with van der Waals surface area (Å²) in [5, 5.41) is 6.43. The molecule has 0 atom stereocenters. The Bertz CT molecular complexity index is 785. The molecule has 2 N–H and O–H groups in total. The van der Waals surface area contributed by atoms with Gasteiger partial charge in [0.25, 0.3) is 5.56 Å². The van der Waals surface area contributed by atoms with Crippen molar-refractivity contribution in [2.75, 3.05) is 20.1 Å². The van der Waals surface area contributed by atoms with Gasteiger partial charge in [0.1, 0.15) is 5.82 Å². The summed E-state index contributed by atoms with van der Waals surface area (Å²) in [5.74, 6) is 0.526. The molecule has 0 saturated heterocycles. The van der Waals surface area contributed by atoms with Crippen LogP contribution in [0.4, 0.5) is 4.39 Å². The fourth-order valence-corrected chi connectivity index (χ4v) is 2.75. The van der Waals surface area contributed by atoms with Gasteiger partial charge in [-0.05, 0) is 43.9 Å². The van der Waals surface area contributed by atoms with Gasteiger partial charge in [0, 0.05) is 38.4 Å². The summed E-state index contributed by atoms with van der Waals surface area (Å²) in [4.78, 5) is 16.0. The van der Waals surface area contributed by atoms with Gasteiger partial charge in [0.15, 0.2) is 5.96 Å². The maximum atomic E-state index is 13.6. The predicted molar refractivity (Wildman–Crippen MR) is 104 cm³/mol. The summed E-state index contributed by atoms with van der Waals surface area (Å²) in [6, 6.07) is 12.1. The Balaban J connectivity index is 1.66. The molecule has 5 nitrogen and oxygen atoms in total. The largest absolute Gasteiger partial charge is 0.356 e. The first-order chi connectivity index (χ1) is 12.6. The third kappa shape index (κ3) is 6.02. The van der Waals surface area contributed by atoms with Crippen molar-refractivity contribution in [3.05, 3.63) is 69.9 Å². The minimum absolute atomic E-state index is 0.0450. The van der Waals surface area contributed by atoms with E-state index in [1.807, 2.05) is 19.1 Å². The molecule has 0 fully saturated rings. The van der Waals surface area contributed by atoms with Crippen LogP contribution in [-0.4, -0.2) is 30.7 Å². The second-order valence-corrected chi connectivity index (χ2v) is 6.13. The number of unbranched alkanes of at least 4 members (excludes halogenated alkanes) is 1. The molecule has 0 radical (unpaired) electrons. The number of aromatic nitrogens is 1. The van der Waals surface area contributed by atoms with Gasteiger partial charge in [-0.25, -0.2) is 4.39 Å². The van der Waals surface area contributed by atoms with Crippen LogP contribution in [0.15, 0.2) is 52.3 Å². The Kier molecular flexibility index (Phi) is 7.86. The molecule has 0 unspecified atom stereocenters. The molecule has 26 heavy (non-hydrogen) atoms. The van der Waals surface area contributed by atoms with Crippen molar-refractivity contribution in [1.29, 1.82) is 0 Å². The van der Waals surface area contributed by atoms with Gasteiger partial charge < -0.3 is 15.2 Å². The molecule has 6 heteroatoms. The van der Waals surface area contributed by atoms with Crippen molar-refractivity contribution in [3.8, 4) is 0 Å². The number of nitrogens with zero attached hydrogens (tertiary/aromatic N) is 2. The number of halogens is 1. The molecule has 0 aliphatic rings. The minimum Gasteiger partial charge on any atom is -0.356 e.